The summed E-state index contributed by atoms with van der Waals surface area (Å²) >= 11 is 0. The van der Waals surface area contributed by atoms with Gasteiger partial charge in [0.1, 0.15) is 0 Å². The van der Waals surface area contributed by atoms with E-state index in [1.54, 1.807) is 6.33 Å². The molecule has 0 aromatic carbocycles. The maximum absolute atomic E-state index is 10.2. The van der Waals surface area contributed by atoms with Crippen molar-refractivity contribution in [2.24, 2.45) is 0 Å². The number of aliphatic carboxylic acids is 1. The molecule has 66 valence electrons. The van der Waals surface area contributed by atoms with Gasteiger partial charge in [-0.3, -0.25) is 4.79 Å². The van der Waals surface area contributed by atoms with E-state index in [0.29, 0.717) is 6.42 Å². The average Bonchev–Trinajstić information content (AvgIpc) is 2.36. The molecule has 0 aliphatic heterocycles. The third-order valence-electron chi connectivity index (χ3n) is 1.74. The summed E-state index contributed by atoms with van der Waals surface area (Å²) in [5.74, 6) is -0.747. The predicted octanol–water partition coefficient (Wildman–Crippen LogP) is 1.13. The lowest BCUT2D eigenvalue weighted by Gasteiger charge is -1.95. The van der Waals surface area contributed by atoms with Crippen LogP contribution in [0.5, 0.6) is 0 Å². The second kappa shape index (κ2) is 3.90. The summed E-state index contributed by atoms with van der Waals surface area (Å²) < 4.78 is 0. The van der Waals surface area contributed by atoms with E-state index in [-0.39, 0.29) is 6.42 Å². The summed E-state index contributed by atoms with van der Waals surface area (Å²) in [6.45, 7) is 1.93. The van der Waals surface area contributed by atoms with Crippen LogP contribution in [-0.4, -0.2) is 21.0 Å². The van der Waals surface area contributed by atoms with Gasteiger partial charge in [-0.25, -0.2) is 4.98 Å². The molecule has 0 saturated carbocycles. The van der Waals surface area contributed by atoms with Crippen molar-refractivity contribution in [2.75, 3.05) is 0 Å². The fraction of sp³-hybridized carbons (Fsp3) is 0.500. The molecule has 0 atom stereocenters. The van der Waals surface area contributed by atoms with Crippen molar-refractivity contribution in [3.63, 3.8) is 0 Å². The number of carbonyl (C=O) groups is 1. The zero-order valence-electron chi connectivity index (χ0n) is 7.00. The minimum Gasteiger partial charge on any atom is -0.481 e. The molecule has 0 fully saturated rings. The fourth-order valence-corrected chi connectivity index (χ4v) is 1.05. The van der Waals surface area contributed by atoms with Crippen molar-refractivity contribution in [3.05, 3.63) is 17.7 Å². The molecule has 0 saturated heterocycles. The predicted molar refractivity (Wildman–Crippen MR) is 43.9 cm³/mol. The first-order chi connectivity index (χ1) is 5.70. The van der Waals surface area contributed by atoms with E-state index in [0.717, 1.165) is 17.8 Å². The SMILES string of the molecule is Cc1[nH]cnc1CCCC(=O)O. The third kappa shape index (κ3) is 2.38. The van der Waals surface area contributed by atoms with Crippen LogP contribution in [0, 0.1) is 6.92 Å². The average molecular weight is 168 g/mol. The van der Waals surface area contributed by atoms with Gasteiger partial charge in [-0.1, -0.05) is 0 Å². The molecular formula is C8H12N2O2. The number of imidazole rings is 1. The lowest BCUT2D eigenvalue weighted by molar-refractivity contribution is -0.137. The van der Waals surface area contributed by atoms with Crippen LogP contribution < -0.4 is 0 Å². The minimum absolute atomic E-state index is 0.215. The lowest BCUT2D eigenvalue weighted by Crippen LogP contribution is -1.96. The van der Waals surface area contributed by atoms with Gasteiger partial charge in [0, 0.05) is 12.1 Å². The van der Waals surface area contributed by atoms with Crippen molar-refractivity contribution in [3.8, 4) is 0 Å². The normalized spacial score (nSPS) is 10.1. The quantitative estimate of drug-likeness (QED) is 0.708. The Hall–Kier alpha value is -1.32. The Kier molecular flexibility index (Phi) is 2.85. The molecule has 0 bridgehead atoms. The van der Waals surface area contributed by atoms with Crippen LogP contribution in [0.1, 0.15) is 24.2 Å². The highest BCUT2D eigenvalue weighted by Gasteiger charge is 2.02. The molecule has 4 nitrogen and oxygen atoms in total. The summed E-state index contributed by atoms with van der Waals surface area (Å²) in [6, 6.07) is 0. The van der Waals surface area contributed by atoms with Gasteiger partial charge in [-0.15, -0.1) is 0 Å². The number of aryl methyl sites for hydroxylation is 2. The van der Waals surface area contributed by atoms with Crippen LogP contribution in [0.25, 0.3) is 0 Å². The molecular weight excluding hydrogens is 156 g/mol. The summed E-state index contributed by atoms with van der Waals surface area (Å²) in [7, 11) is 0. The van der Waals surface area contributed by atoms with Crippen molar-refractivity contribution in [1.82, 2.24) is 9.97 Å². The van der Waals surface area contributed by atoms with Crippen LogP contribution >= 0.6 is 0 Å². The second-order valence-corrected chi connectivity index (χ2v) is 2.72. The van der Waals surface area contributed by atoms with Gasteiger partial charge in [-0.05, 0) is 19.8 Å². The Morgan fingerprint density at radius 1 is 1.75 bits per heavy atom. The molecule has 1 heterocycles. The molecule has 0 spiro atoms. The van der Waals surface area contributed by atoms with Crippen LogP contribution in [0.3, 0.4) is 0 Å². The van der Waals surface area contributed by atoms with E-state index in [1.807, 2.05) is 6.92 Å². The number of aromatic amines is 1. The molecule has 1 rings (SSSR count). The van der Waals surface area contributed by atoms with Crippen molar-refractivity contribution < 1.29 is 9.90 Å². The maximum Gasteiger partial charge on any atom is 0.303 e. The Morgan fingerprint density at radius 3 is 3.00 bits per heavy atom. The summed E-state index contributed by atoms with van der Waals surface area (Å²) in [5.41, 5.74) is 2.00. The van der Waals surface area contributed by atoms with Gasteiger partial charge in [0.05, 0.1) is 12.0 Å². The maximum atomic E-state index is 10.2. The Balaban J connectivity index is 2.33. The van der Waals surface area contributed by atoms with E-state index < -0.39 is 5.97 Å². The fourth-order valence-electron chi connectivity index (χ4n) is 1.05. The number of hydrogen-bond acceptors (Lipinski definition) is 2. The van der Waals surface area contributed by atoms with Crippen LogP contribution in [0.15, 0.2) is 6.33 Å². The summed E-state index contributed by atoms with van der Waals surface area (Å²) in [4.78, 5) is 17.2. The Morgan fingerprint density at radius 2 is 2.50 bits per heavy atom. The highest BCUT2D eigenvalue weighted by molar-refractivity contribution is 5.66. The molecule has 0 amide bonds. The van der Waals surface area contributed by atoms with E-state index >= 15 is 0 Å². The number of carboxylic acid groups (broad SMARTS) is 1. The molecule has 12 heavy (non-hydrogen) atoms. The zero-order valence-corrected chi connectivity index (χ0v) is 7.00. The molecule has 2 N–H and O–H groups in total. The first-order valence-corrected chi connectivity index (χ1v) is 3.91. The van der Waals surface area contributed by atoms with E-state index in [1.165, 1.54) is 0 Å². The second-order valence-electron chi connectivity index (χ2n) is 2.72. The molecule has 4 heteroatoms. The van der Waals surface area contributed by atoms with Gasteiger partial charge in [0.25, 0.3) is 0 Å². The van der Waals surface area contributed by atoms with E-state index in [9.17, 15) is 4.79 Å². The molecule has 0 radical (unpaired) electrons. The van der Waals surface area contributed by atoms with Gasteiger partial charge >= 0.3 is 5.97 Å². The van der Waals surface area contributed by atoms with E-state index in [4.69, 9.17) is 5.11 Å². The number of H-pyrrole nitrogens is 1. The molecule has 0 aliphatic carbocycles. The summed E-state index contributed by atoms with van der Waals surface area (Å²) in [6.07, 6.45) is 3.24. The number of rotatable bonds is 4. The third-order valence-corrected chi connectivity index (χ3v) is 1.74. The first-order valence-electron chi connectivity index (χ1n) is 3.91. The number of nitrogens with one attached hydrogen (secondary N) is 1. The number of hydrogen-bond donors (Lipinski definition) is 2. The van der Waals surface area contributed by atoms with Gasteiger partial charge in [-0.2, -0.15) is 0 Å². The van der Waals surface area contributed by atoms with Crippen molar-refractivity contribution >= 4 is 5.97 Å². The number of carboxylic acids is 1. The van der Waals surface area contributed by atoms with Gasteiger partial charge < -0.3 is 10.1 Å². The smallest absolute Gasteiger partial charge is 0.303 e. The Labute approximate surface area is 70.6 Å². The van der Waals surface area contributed by atoms with Gasteiger partial charge in [0.2, 0.25) is 0 Å². The molecule has 1 aromatic rings. The first kappa shape index (κ1) is 8.77. The van der Waals surface area contributed by atoms with E-state index in [2.05, 4.69) is 9.97 Å². The zero-order chi connectivity index (χ0) is 8.97. The standard InChI is InChI=1S/C8H12N2O2/c1-6-7(10-5-9-6)3-2-4-8(11)12/h5H,2-4H2,1H3,(H,9,10)(H,11,12). The molecule has 0 aliphatic rings. The topological polar surface area (TPSA) is 66.0 Å². The van der Waals surface area contributed by atoms with Crippen LogP contribution in [0.2, 0.25) is 0 Å². The highest BCUT2D eigenvalue weighted by atomic mass is 16.4. The Bertz CT molecular complexity index is 268. The monoisotopic (exact) mass is 168 g/mol. The van der Waals surface area contributed by atoms with Gasteiger partial charge in [0.15, 0.2) is 0 Å². The summed E-state index contributed by atoms with van der Waals surface area (Å²) in [5, 5.41) is 8.38. The van der Waals surface area contributed by atoms with Crippen LogP contribution in [-0.2, 0) is 11.2 Å². The lowest BCUT2D eigenvalue weighted by atomic mass is 10.2. The van der Waals surface area contributed by atoms with Crippen LogP contribution in [0.4, 0.5) is 0 Å². The molecule has 1 aromatic heterocycles. The van der Waals surface area contributed by atoms with Crippen molar-refractivity contribution in [1.29, 1.82) is 0 Å². The minimum atomic E-state index is -0.747. The molecule has 0 unspecified atom stereocenters. The van der Waals surface area contributed by atoms with Crippen molar-refractivity contribution in [2.45, 2.75) is 26.2 Å². The number of aromatic nitrogens is 2. The highest BCUT2D eigenvalue weighted by Crippen LogP contribution is 2.05. The largest absolute Gasteiger partial charge is 0.481 e. The number of nitrogens with zero attached hydrogens (tertiary/aromatic N) is 1.